The van der Waals surface area contributed by atoms with Gasteiger partial charge in [0.1, 0.15) is 12.7 Å². The molecule has 1 fully saturated rings. The summed E-state index contributed by atoms with van der Waals surface area (Å²) in [5, 5.41) is 0. The minimum Gasteiger partial charge on any atom is -0.462 e. The second kappa shape index (κ2) is 29.3. The Kier molecular flexibility index (Phi) is 27.3. The van der Waals surface area contributed by atoms with E-state index < -0.39 is 0 Å². The van der Waals surface area contributed by atoms with E-state index in [1.807, 2.05) is 6.92 Å². The van der Waals surface area contributed by atoms with Crippen molar-refractivity contribution < 1.29 is 19.1 Å². The first kappa shape index (κ1) is 40.9. The van der Waals surface area contributed by atoms with Crippen LogP contribution in [0, 0.1) is 11.8 Å². The predicted octanol–water partition coefficient (Wildman–Crippen LogP) is 11.2. The molecule has 5 nitrogen and oxygen atoms in total. The number of unbranched alkanes of at least 4 members (excludes halogenated alkanes) is 21. The number of esters is 2. The summed E-state index contributed by atoms with van der Waals surface area (Å²) in [4.78, 5) is 28.0. The van der Waals surface area contributed by atoms with Crippen molar-refractivity contribution in [2.45, 2.75) is 200 Å². The maximum atomic E-state index is 13.0. The van der Waals surface area contributed by atoms with Crippen molar-refractivity contribution in [3.63, 3.8) is 0 Å². The second-order valence-electron chi connectivity index (χ2n) is 14.2. The smallest absolute Gasteiger partial charge is 0.309 e. The summed E-state index contributed by atoms with van der Waals surface area (Å²) in [7, 11) is 2.11. The molecule has 1 saturated heterocycles. The summed E-state index contributed by atoms with van der Waals surface area (Å²) in [5.41, 5.74) is 0. The maximum Gasteiger partial charge on any atom is 0.309 e. The topological polar surface area (TPSA) is 55.8 Å². The van der Waals surface area contributed by atoms with E-state index in [1.165, 1.54) is 128 Å². The largest absolute Gasteiger partial charge is 0.462 e. The molecule has 1 rings (SSSR count). The Bertz CT molecular complexity index is 661. The normalized spacial score (nSPS) is 15.7. The van der Waals surface area contributed by atoms with Gasteiger partial charge in [-0.3, -0.25) is 9.59 Å². The predicted molar refractivity (Wildman–Crippen MR) is 187 cm³/mol. The molecule has 0 N–H and O–H groups in total. The SMILES string of the molecule is CCCCCCCCCCCCCCC(C)C(=O)OCC(CCCCCCCCCCCCC)OC(=O)C1CCN(C)CC1. The summed E-state index contributed by atoms with van der Waals surface area (Å²) in [6.45, 7) is 8.62. The molecular weight excluding hydrogens is 546 g/mol. The summed E-state index contributed by atoms with van der Waals surface area (Å²) in [5.74, 6) is -0.337. The van der Waals surface area contributed by atoms with Crippen LogP contribution in [0.4, 0.5) is 0 Å². The van der Waals surface area contributed by atoms with Gasteiger partial charge >= 0.3 is 11.9 Å². The van der Waals surface area contributed by atoms with Gasteiger partial charge in [-0.05, 0) is 52.2 Å². The van der Waals surface area contributed by atoms with Gasteiger partial charge in [0.25, 0.3) is 0 Å². The van der Waals surface area contributed by atoms with E-state index in [9.17, 15) is 9.59 Å². The van der Waals surface area contributed by atoms with E-state index in [4.69, 9.17) is 9.47 Å². The number of hydrogen-bond acceptors (Lipinski definition) is 5. The molecule has 0 aromatic heterocycles. The van der Waals surface area contributed by atoms with Gasteiger partial charge in [0.05, 0.1) is 11.8 Å². The highest BCUT2D eigenvalue weighted by molar-refractivity contribution is 5.73. The van der Waals surface area contributed by atoms with E-state index in [1.54, 1.807) is 0 Å². The Morgan fingerprint density at radius 1 is 0.614 bits per heavy atom. The minimum atomic E-state index is -0.316. The summed E-state index contributed by atoms with van der Waals surface area (Å²) in [6, 6.07) is 0. The number of likely N-dealkylation sites (tertiary alicyclic amines) is 1. The van der Waals surface area contributed by atoms with Crippen LogP contribution in [0.25, 0.3) is 0 Å². The minimum absolute atomic E-state index is 0.0218. The number of carbonyl (C=O) groups is 2. The highest BCUT2D eigenvalue weighted by Gasteiger charge is 2.27. The van der Waals surface area contributed by atoms with Gasteiger partial charge in [0.2, 0.25) is 0 Å². The lowest BCUT2D eigenvalue weighted by atomic mass is 9.97. The van der Waals surface area contributed by atoms with Crippen molar-refractivity contribution >= 4 is 11.9 Å². The lowest BCUT2D eigenvalue weighted by Gasteiger charge is -2.29. The van der Waals surface area contributed by atoms with Gasteiger partial charge < -0.3 is 14.4 Å². The quantitative estimate of drug-likeness (QED) is 0.0590. The average Bonchev–Trinajstić information content (AvgIpc) is 3.02. The van der Waals surface area contributed by atoms with Crippen LogP contribution >= 0.6 is 0 Å². The van der Waals surface area contributed by atoms with Crippen LogP contribution in [0.5, 0.6) is 0 Å². The molecule has 44 heavy (non-hydrogen) atoms. The average molecular weight is 622 g/mol. The molecule has 0 aromatic rings. The number of hydrogen-bond donors (Lipinski definition) is 0. The molecule has 0 aromatic carbocycles. The molecule has 0 radical (unpaired) electrons. The highest BCUT2D eigenvalue weighted by atomic mass is 16.6. The molecular formula is C39H75NO4. The molecule has 1 heterocycles. The van der Waals surface area contributed by atoms with Gasteiger partial charge in [-0.15, -0.1) is 0 Å². The van der Waals surface area contributed by atoms with Crippen LogP contribution < -0.4 is 0 Å². The van der Waals surface area contributed by atoms with E-state index in [2.05, 4.69) is 25.8 Å². The Balaban J connectivity index is 2.26. The highest BCUT2D eigenvalue weighted by Crippen LogP contribution is 2.21. The second-order valence-corrected chi connectivity index (χ2v) is 14.2. The molecule has 0 saturated carbocycles. The number of rotatable bonds is 30. The lowest BCUT2D eigenvalue weighted by molar-refractivity contribution is -0.165. The first-order valence-corrected chi connectivity index (χ1v) is 19.5. The third kappa shape index (κ3) is 23.3. The van der Waals surface area contributed by atoms with Crippen LogP contribution in [0.15, 0.2) is 0 Å². The monoisotopic (exact) mass is 622 g/mol. The van der Waals surface area contributed by atoms with Crippen LogP contribution in [0.2, 0.25) is 0 Å². The summed E-state index contributed by atoms with van der Waals surface area (Å²) in [6.07, 6.45) is 33.2. The summed E-state index contributed by atoms with van der Waals surface area (Å²) >= 11 is 0. The van der Waals surface area contributed by atoms with Crippen molar-refractivity contribution in [1.82, 2.24) is 4.90 Å². The zero-order valence-corrected chi connectivity index (χ0v) is 30.0. The molecule has 1 aliphatic heterocycles. The van der Waals surface area contributed by atoms with E-state index in [-0.39, 0.29) is 36.5 Å². The zero-order valence-electron chi connectivity index (χ0n) is 30.0. The Labute approximate surface area is 274 Å². The van der Waals surface area contributed by atoms with Crippen LogP contribution in [0.1, 0.15) is 194 Å². The fraction of sp³-hybridized carbons (Fsp3) is 0.949. The van der Waals surface area contributed by atoms with Crippen molar-refractivity contribution in [2.24, 2.45) is 11.8 Å². The molecule has 0 amide bonds. The third-order valence-electron chi connectivity index (χ3n) is 9.77. The van der Waals surface area contributed by atoms with E-state index in [0.717, 1.165) is 58.0 Å². The first-order chi connectivity index (χ1) is 21.5. The molecule has 1 aliphatic rings. The van der Waals surface area contributed by atoms with Gasteiger partial charge in [-0.2, -0.15) is 0 Å². The molecule has 260 valence electrons. The molecule has 0 aliphatic carbocycles. The van der Waals surface area contributed by atoms with Crippen molar-refractivity contribution in [3.05, 3.63) is 0 Å². The number of nitrogens with zero attached hydrogens (tertiary/aromatic N) is 1. The van der Waals surface area contributed by atoms with Gasteiger partial charge in [0, 0.05) is 0 Å². The Hall–Kier alpha value is -1.10. The molecule has 0 spiro atoms. The fourth-order valence-electron chi connectivity index (χ4n) is 6.44. The maximum absolute atomic E-state index is 13.0. The first-order valence-electron chi connectivity index (χ1n) is 19.5. The van der Waals surface area contributed by atoms with E-state index in [0.29, 0.717) is 0 Å². The number of ether oxygens (including phenoxy) is 2. The molecule has 5 heteroatoms. The Morgan fingerprint density at radius 3 is 1.43 bits per heavy atom. The van der Waals surface area contributed by atoms with Gasteiger partial charge in [-0.25, -0.2) is 0 Å². The van der Waals surface area contributed by atoms with Gasteiger partial charge in [0.15, 0.2) is 0 Å². The Morgan fingerprint density at radius 2 is 1.00 bits per heavy atom. The molecule has 0 bridgehead atoms. The zero-order chi connectivity index (χ0) is 32.1. The van der Waals surface area contributed by atoms with Crippen molar-refractivity contribution in [1.29, 1.82) is 0 Å². The molecule has 2 atom stereocenters. The molecule has 2 unspecified atom stereocenters. The van der Waals surface area contributed by atoms with Crippen LogP contribution in [0.3, 0.4) is 0 Å². The van der Waals surface area contributed by atoms with Crippen molar-refractivity contribution in [3.8, 4) is 0 Å². The fourth-order valence-corrected chi connectivity index (χ4v) is 6.44. The van der Waals surface area contributed by atoms with E-state index >= 15 is 0 Å². The van der Waals surface area contributed by atoms with Gasteiger partial charge in [-0.1, -0.05) is 162 Å². The lowest BCUT2D eigenvalue weighted by Crippen LogP contribution is -2.36. The van der Waals surface area contributed by atoms with Crippen LogP contribution in [-0.4, -0.2) is 49.7 Å². The number of piperidine rings is 1. The number of carbonyl (C=O) groups excluding carboxylic acids is 2. The van der Waals surface area contributed by atoms with Crippen molar-refractivity contribution in [2.75, 3.05) is 26.7 Å². The van der Waals surface area contributed by atoms with Crippen LogP contribution in [-0.2, 0) is 19.1 Å². The summed E-state index contributed by atoms with van der Waals surface area (Å²) < 4.78 is 11.7. The standard InChI is InChI=1S/C39H75NO4/c1-5-7-9-11-13-15-17-19-20-22-24-26-28-35(3)38(41)43-34-37(44-39(42)36-30-32-40(4)33-31-36)29-27-25-23-21-18-16-14-12-10-8-6-2/h35-37H,5-34H2,1-4H3. The third-order valence-corrected chi connectivity index (χ3v) is 9.77.